The highest BCUT2D eigenvalue weighted by Crippen LogP contribution is 2.17. The van der Waals surface area contributed by atoms with Crippen LogP contribution in [0.1, 0.15) is 17.7 Å². The third-order valence-electron chi connectivity index (χ3n) is 3.44. The molecule has 21 heavy (non-hydrogen) atoms. The zero-order valence-corrected chi connectivity index (χ0v) is 12.2. The van der Waals surface area contributed by atoms with Gasteiger partial charge < -0.3 is 15.5 Å². The fraction of sp³-hybridized carbons (Fsp3) is 0.188. The second-order valence-electron chi connectivity index (χ2n) is 4.99. The van der Waals surface area contributed by atoms with E-state index in [1.54, 1.807) is 12.1 Å². The Morgan fingerprint density at radius 2 is 1.95 bits per heavy atom. The fourth-order valence-corrected chi connectivity index (χ4v) is 2.50. The summed E-state index contributed by atoms with van der Waals surface area (Å²) in [6, 6.07) is 11.1. The van der Waals surface area contributed by atoms with Crippen molar-refractivity contribution < 1.29 is 5.11 Å². The standard InChI is InChI=1S/C16H16ClN3O/c17-16-8-4-13(19-16)9-12-10-18-20-15(12)7-3-11-1-5-14(21)6-2-11/h1-2,4-6,8-9,18-19,21H,3,7,10H2. The lowest BCUT2D eigenvalue weighted by Gasteiger charge is -2.03. The van der Waals surface area contributed by atoms with Crippen LogP contribution in [0, 0.1) is 0 Å². The number of phenols is 1. The number of rotatable bonds is 4. The molecule has 0 fully saturated rings. The lowest BCUT2D eigenvalue weighted by atomic mass is 10.0. The van der Waals surface area contributed by atoms with E-state index in [2.05, 4.69) is 21.6 Å². The SMILES string of the molecule is Oc1ccc(CCC2=NNCC2=Cc2ccc(Cl)[nH]2)cc1. The van der Waals surface area contributed by atoms with E-state index in [0.717, 1.165) is 30.8 Å². The summed E-state index contributed by atoms with van der Waals surface area (Å²) in [5.41, 5.74) is 7.43. The lowest BCUT2D eigenvalue weighted by Crippen LogP contribution is -2.04. The van der Waals surface area contributed by atoms with Gasteiger partial charge in [0, 0.05) is 5.69 Å². The summed E-state index contributed by atoms with van der Waals surface area (Å²) in [6.45, 7) is 0.738. The summed E-state index contributed by atoms with van der Waals surface area (Å²) < 4.78 is 0. The first kappa shape index (κ1) is 13.8. The minimum Gasteiger partial charge on any atom is -0.508 e. The molecule has 0 saturated heterocycles. The zero-order valence-electron chi connectivity index (χ0n) is 11.4. The molecular weight excluding hydrogens is 286 g/mol. The Labute approximate surface area is 128 Å². The summed E-state index contributed by atoms with van der Waals surface area (Å²) >= 11 is 5.89. The molecule has 3 rings (SSSR count). The molecule has 5 heteroatoms. The second-order valence-corrected chi connectivity index (χ2v) is 5.40. The van der Waals surface area contributed by atoms with Gasteiger partial charge in [-0.05, 0) is 54.3 Å². The van der Waals surface area contributed by atoms with Gasteiger partial charge in [0.15, 0.2) is 0 Å². The van der Waals surface area contributed by atoms with Crippen molar-refractivity contribution in [3.05, 3.63) is 58.4 Å². The van der Waals surface area contributed by atoms with Gasteiger partial charge in [-0.2, -0.15) is 5.10 Å². The number of aryl methyl sites for hydroxylation is 1. The minimum absolute atomic E-state index is 0.294. The maximum absolute atomic E-state index is 9.29. The number of nitrogens with zero attached hydrogens (tertiary/aromatic N) is 1. The average Bonchev–Trinajstić information content (AvgIpc) is 3.08. The van der Waals surface area contributed by atoms with E-state index in [1.165, 1.54) is 11.1 Å². The maximum atomic E-state index is 9.29. The highest BCUT2D eigenvalue weighted by molar-refractivity contribution is 6.29. The summed E-state index contributed by atoms with van der Waals surface area (Å²) in [6.07, 6.45) is 3.82. The molecule has 108 valence electrons. The van der Waals surface area contributed by atoms with Crippen LogP contribution in [0.25, 0.3) is 6.08 Å². The molecule has 0 bridgehead atoms. The van der Waals surface area contributed by atoms with Crippen LogP contribution in [0.5, 0.6) is 5.75 Å². The van der Waals surface area contributed by atoms with Gasteiger partial charge in [-0.15, -0.1) is 0 Å². The summed E-state index contributed by atoms with van der Waals surface area (Å²) in [7, 11) is 0. The minimum atomic E-state index is 0.294. The summed E-state index contributed by atoms with van der Waals surface area (Å²) in [5, 5.41) is 14.3. The number of H-pyrrole nitrogens is 1. The Hall–Kier alpha value is -2.20. The van der Waals surface area contributed by atoms with Crippen molar-refractivity contribution in [3.8, 4) is 5.75 Å². The second kappa shape index (κ2) is 6.06. The third kappa shape index (κ3) is 3.47. The van der Waals surface area contributed by atoms with Crippen molar-refractivity contribution in [3.63, 3.8) is 0 Å². The Kier molecular flexibility index (Phi) is 3.97. The predicted molar refractivity (Wildman–Crippen MR) is 85.6 cm³/mol. The normalized spacial score (nSPS) is 16.0. The van der Waals surface area contributed by atoms with Gasteiger partial charge in [-0.3, -0.25) is 0 Å². The highest BCUT2D eigenvalue weighted by atomic mass is 35.5. The number of aromatic hydroxyl groups is 1. The fourth-order valence-electron chi connectivity index (χ4n) is 2.33. The van der Waals surface area contributed by atoms with E-state index in [0.29, 0.717) is 10.9 Å². The predicted octanol–water partition coefficient (Wildman–Crippen LogP) is 3.35. The van der Waals surface area contributed by atoms with Gasteiger partial charge in [0.05, 0.1) is 12.3 Å². The maximum Gasteiger partial charge on any atom is 0.115 e. The third-order valence-corrected chi connectivity index (χ3v) is 3.66. The summed E-state index contributed by atoms with van der Waals surface area (Å²) in [5.74, 6) is 0.294. The van der Waals surface area contributed by atoms with Crippen LogP contribution in [0.15, 0.2) is 47.1 Å². The van der Waals surface area contributed by atoms with Crippen LogP contribution in [0.4, 0.5) is 0 Å². The Morgan fingerprint density at radius 1 is 1.14 bits per heavy atom. The van der Waals surface area contributed by atoms with E-state index in [1.807, 2.05) is 24.3 Å². The van der Waals surface area contributed by atoms with E-state index in [4.69, 9.17) is 11.6 Å². The molecule has 1 aliphatic heterocycles. The van der Waals surface area contributed by atoms with Crippen molar-refractivity contribution in [1.29, 1.82) is 0 Å². The summed E-state index contributed by atoms with van der Waals surface area (Å²) in [4.78, 5) is 3.08. The van der Waals surface area contributed by atoms with Crippen molar-refractivity contribution in [2.45, 2.75) is 12.8 Å². The van der Waals surface area contributed by atoms with Gasteiger partial charge in [0.25, 0.3) is 0 Å². The molecule has 1 aliphatic rings. The van der Waals surface area contributed by atoms with Crippen molar-refractivity contribution in [1.82, 2.24) is 10.4 Å². The number of halogens is 1. The Morgan fingerprint density at radius 3 is 2.67 bits per heavy atom. The number of benzene rings is 1. The Balaban J connectivity index is 1.67. The molecule has 0 amide bonds. The molecule has 4 nitrogen and oxygen atoms in total. The molecule has 0 aliphatic carbocycles. The first-order valence-corrected chi connectivity index (χ1v) is 7.21. The van der Waals surface area contributed by atoms with E-state index in [9.17, 15) is 5.11 Å². The van der Waals surface area contributed by atoms with Crippen LogP contribution in [0.2, 0.25) is 5.15 Å². The van der Waals surface area contributed by atoms with E-state index >= 15 is 0 Å². The number of phenolic OH excluding ortho intramolecular Hbond substituents is 1. The smallest absolute Gasteiger partial charge is 0.115 e. The molecule has 0 atom stereocenters. The number of hydrogen-bond acceptors (Lipinski definition) is 3. The average molecular weight is 302 g/mol. The van der Waals surface area contributed by atoms with Gasteiger partial charge in [0.2, 0.25) is 0 Å². The van der Waals surface area contributed by atoms with Crippen LogP contribution in [0.3, 0.4) is 0 Å². The number of aromatic nitrogens is 1. The van der Waals surface area contributed by atoms with Gasteiger partial charge >= 0.3 is 0 Å². The molecule has 1 aromatic carbocycles. The molecule has 1 aromatic heterocycles. The Bertz CT molecular complexity index is 686. The quantitative estimate of drug-likeness (QED) is 0.811. The number of hydrazone groups is 1. The number of nitrogens with one attached hydrogen (secondary N) is 2. The van der Waals surface area contributed by atoms with Gasteiger partial charge in [0.1, 0.15) is 10.9 Å². The molecule has 3 N–H and O–H groups in total. The zero-order chi connectivity index (χ0) is 14.7. The van der Waals surface area contributed by atoms with Crippen molar-refractivity contribution >= 4 is 23.4 Å². The van der Waals surface area contributed by atoms with E-state index in [-0.39, 0.29) is 0 Å². The van der Waals surface area contributed by atoms with Crippen molar-refractivity contribution in [2.75, 3.05) is 6.54 Å². The molecule has 0 saturated carbocycles. The molecule has 2 heterocycles. The molecular formula is C16H16ClN3O. The molecule has 2 aromatic rings. The molecule has 0 spiro atoms. The lowest BCUT2D eigenvalue weighted by molar-refractivity contribution is 0.475. The van der Waals surface area contributed by atoms with Crippen LogP contribution in [-0.4, -0.2) is 22.3 Å². The largest absolute Gasteiger partial charge is 0.508 e. The van der Waals surface area contributed by atoms with Gasteiger partial charge in [-0.25, -0.2) is 0 Å². The highest BCUT2D eigenvalue weighted by Gasteiger charge is 2.13. The van der Waals surface area contributed by atoms with Crippen LogP contribution in [-0.2, 0) is 6.42 Å². The van der Waals surface area contributed by atoms with E-state index < -0.39 is 0 Å². The molecule has 0 unspecified atom stereocenters. The van der Waals surface area contributed by atoms with Crippen LogP contribution < -0.4 is 5.43 Å². The number of hydrogen-bond donors (Lipinski definition) is 3. The number of aromatic amines is 1. The first-order chi connectivity index (χ1) is 10.2. The molecule has 0 radical (unpaired) electrons. The van der Waals surface area contributed by atoms with Gasteiger partial charge in [-0.1, -0.05) is 23.7 Å². The van der Waals surface area contributed by atoms with Crippen molar-refractivity contribution in [2.24, 2.45) is 5.10 Å². The van der Waals surface area contributed by atoms with Crippen LogP contribution >= 0.6 is 11.6 Å². The monoisotopic (exact) mass is 301 g/mol. The first-order valence-electron chi connectivity index (χ1n) is 6.83. The topological polar surface area (TPSA) is 60.4 Å².